The van der Waals surface area contributed by atoms with Gasteiger partial charge in [0.2, 0.25) is 0 Å². The molecule has 0 fully saturated rings. The van der Waals surface area contributed by atoms with E-state index in [9.17, 15) is 0 Å². The van der Waals surface area contributed by atoms with Crippen molar-refractivity contribution in [2.75, 3.05) is 6.54 Å². The average molecular weight is 241 g/mol. The highest BCUT2D eigenvalue weighted by molar-refractivity contribution is 7.09. The van der Waals surface area contributed by atoms with Crippen LogP contribution in [0.2, 0.25) is 0 Å². The summed E-state index contributed by atoms with van der Waals surface area (Å²) in [5.41, 5.74) is 6.89. The van der Waals surface area contributed by atoms with Gasteiger partial charge in [-0.3, -0.25) is 0 Å². The molecular weight excluding hydrogens is 218 g/mol. The molecule has 3 N–H and O–H groups in total. The molecule has 1 rings (SSSR count). The minimum absolute atomic E-state index is 0.0535. The van der Waals surface area contributed by atoms with Crippen LogP contribution < -0.4 is 11.1 Å². The van der Waals surface area contributed by atoms with Crippen molar-refractivity contribution >= 4 is 11.3 Å². The molecule has 0 spiro atoms. The molecule has 0 bridgehead atoms. The van der Waals surface area contributed by atoms with Crippen molar-refractivity contribution in [1.29, 1.82) is 0 Å². The SMILES string of the molecule is CCC(CC)CNCc1csc(C(C)N)n1. The highest BCUT2D eigenvalue weighted by Crippen LogP contribution is 2.15. The molecule has 1 aromatic rings. The van der Waals surface area contributed by atoms with Crippen molar-refractivity contribution in [3.63, 3.8) is 0 Å². The number of rotatable bonds is 7. The summed E-state index contributed by atoms with van der Waals surface area (Å²) in [6.07, 6.45) is 2.48. The third kappa shape index (κ3) is 4.20. The fourth-order valence-electron chi connectivity index (χ4n) is 1.59. The number of nitrogens with zero attached hydrogens (tertiary/aromatic N) is 1. The van der Waals surface area contributed by atoms with E-state index in [0.717, 1.165) is 29.7 Å². The number of thiazole rings is 1. The van der Waals surface area contributed by atoms with Crippen LogP contribution in [0.3, 0.4) is 0 Å². The topological polar surface area (TPSA) is 50.9 Å². The first kappa shape index (κ1) is 13.6. The van der Waals surface area contributed by atoms with Gasteiger partial charge in [-0.1, -0.05) is 26.7 Å². The van der Waals surface area contributed by atoms with Crippen LogP contribution in [0.5, 0.6) is 0 Å². The number of aromatic nitrogens is 1. The molecular formula is C12H23N3S. The lowest BCUT2D eigenvalue weighted by atomic mass is 10.0. The van der Waals surface area contributed by atoms with Crippen LogP contribution in [0, 0.1) is 5.92 Å². The van der Waals surface area contributed by atoms with Crippen LogP contribution in [0.1, 0.15) is 50.4 Å². The summed E-state index contributed by atoms with van der Waals surface area (Å²) in [6, 6.07) is 0.0535. The fraction of sp³-hybridized carbons (Fsp3) is 0.750. The largest absolute Gasteiger partial charge is 0.322 e. The van der Waals surface area contributed by atoms with E-state index in [1.165, 1.54) is 12.8 Å². The molecule has 0 aliphatic carbocycles. The van der Waals surface area contributed by atoms with Gasteiger partial charge in [0.05, 0.1) is 11.7 Å². The zero-order chi connectivity index (χ0) is 12.0. The van der Waals surface area contributed by atoms with Gasteiger partial charge in [0.25, 0.3) is 0 Å². The number of hydrogen-bond acceptors (Lipinski definition) is 4. The molecule has 0 saturated heterocycles. The van der Waals surface area contributed by atoms with Crippen LogP contribution in [0.25, 0.3) is 0 Å². The van der Waals surface area contributed by atoms with E-state index in [1.54, 1.807) is 11.3 Å². The number of nitrogens with one attached hydrogen (secondary N) is 1. The Morgan fingerprint density at radius 1 is 1.44 bits per heavy atom. The summed E-state index contributed by atoms with van der Waals surface area (Å²) in [4.78, 5) is 4.49. The lowest BCUT2D eigenvalue weighted by Crippen LogP contribution is -2.21. The van der Waals surface area contributed by atoms with Crippen molar-refractivity contribution in [2.24, 2.45) is 11.7 Å². The Balaban J connectivity index is 2.31. The summed E-state index contributed by atoms with van der Waals surface area (Å²) in [6.45, 7) is 8.40. The van der Waals surface area contributed by atoms with Crippen molar-refractivity contribution in [3.8, 4) is 0 Å². The minimum atomic E-state index is 0.0535. The molecule has 3 nitrogen and oxygen atoms in total. The standard InChI is InChI=1S/C12H23N3S/c1-4-10(5-2)6-14-7-11-8-16-12(15-11)9(3)13/h8-10,14H,4-7,13H2,1-3H3. The molecule has 16 heavy (non-hydrogen) atoms. The highest BCUT2D eigenvalue weighted by Gasteiger charge is 2.06. The zero-order valence-electron chi connectivity index (χ0n) is 10.5. The molecule has 0 radical (unpaired) electrons. The summed E-state index contributed by atoms with van der Waals surface area (Å²) in [5.74, 6) is 0.784. The average Bonchev–Trinajstić information content (AvgIpc) is 2.73. The third-order valence-electron chi connectivity index (χ3n) is 2.85. The van der Waals surface area contributed by atoms with E-state index in [2.05, 4.69) is 29.5 Å². The molecule has 0 aliphatic heterocycles. The predicted octanol–water partition coefficient (Wildman–Crippen LogP) is 2.69. The molecule has 0 aliphatic rings. The van der Waals surface area contributed by atoms with Gasteiger partial charge in [0.15, 0.2) is 0 Å². The van der Waals surface area contributed by atoms with Gasteiger partial charge in [0.1, 0.15) is 5.01 Å². The Hall–Kier alpha value is -0.450. The van der Waals surface area contributed by atoms with Crippen molar-refractivity contribution in [3.05, 3.63) is 16.1 Å². The molecule has 1 aromatic heterocycles. The number of nitrogens with two attached hydrogens (primary N) is 1. The van der Waals surface area contributed by atoms with Crippen LogP contribution in [0.4, 0.5) is 0 Å². The first-order valence-corrected chi connectivity index (χ1v) is 6.95. The third-order valence-corrected chi connectivity index (χ3v) is 3.95. The molecule has 0 aromatic carbocycles. The Morgan fingerprint density at radius 2 is 2.12 bits per heavy atom. The van der Waals surface area contributed by atoms with E-state index < -0.39 is 0 Å². The maximum absolute atomic E-state index is 5.77. The number of hydrogen-bond donors (Lipinski definition) is 2. The second-order valence-electron chi connectivity index (χ2n) is 4.28. The van der Waals surface area contributed by atoms with Gasteiger partial charge in [-0.2, -0.15) is 0 Å². The molecule has 1 atom stereocenters. The first-order chi connectivity index (χ1) is 7.67. The monoisotopic (exact) mass is 241 g/mol. The fourth-order valence-corrected chi connectivity index (χ4v) is 2.37. The lowest BCUT2D eigenvalue weighted by molar-refractivity contribution is 0.448. The molecule has 0 amide bonds. The van der Waals surface area contributed by atoms with Crippen molar-refractivity contribution in [2.45, 2.75) is 46.2 Å². The van der Waals surface area contributed by atoms with Gasteiger partial charge in [-0.05, 0) is 19.4 Å². The Kier molecular flexibility index (Phi) is 5.95. The maximum Gasteiger partial charge on any atom is 0.109 e. The van der Waals surface area contributed by atoms with Crippen molar-refractivity contribution < 1.29 is 0 Å². The minimum Gasteiger partial charge on any atom is -0.322 e. The first-order valence-electron chi connectivity index (χ1n) is 6.07. The van der Waals surface area contributed by atoms with E-state index >= 15 is 0 Å². The van der Waals surface area contributed by atoms with Gasteiger partial charge in [-0.25, -0.2) is 4.98 Å². The maximum atomic E-state index is 5.77. The predicted molar refractivity (Wildman–Crippen MR) is 70.5 cm³/mol. The van der Waals surface area contributed by atoms with E-state index in [1.807, 2.05) is 6.92 Å². The smallest absolute Gasteiger partial charge is 0.109 e. The quantitative estimate of drug-likeness (QED) is 0.771. The molecule has 4 heteroatoms. The van der Waals surface area contributed by atoms with Crippen LogP contribution in [-0.4, -0.2) is 11.5 Å². The second kappa shape index (κ2) is 6.99. The molecule has 92 valence electrons. The van der Waals surface area contributed by atoms with E-state index in [4.69, 9.17) is 5.73 Å². The summed E-state index contributed by atoms with van der Waals surface area (Å²) in [5, 5.41) is 6.58. The van der Waals surface area contributed by atoms with Gasteiger partial charge < -0.3 is 11.1 Å². The van der Waals surface area contributed by atoms with E-state index in [-0.39, 0.29) is 6.04 Å². The highest BCUT2D eigenvalue weighted by atomic mass is 32.1. The molecule has 0 saturated carbocycles. The summed E-state index contributed by atoms with van der Waals surface area (Å²) in [7, 11) is 0. The zero-order valence-corrected chi connectivity index (χ0v) is 11.3. The summed E-state index contributed by atoms with van der Waals surface area (Å²) < 4.78 is 0. The van der Waals surface area contributed by atoms with Crippen molar-refractivity contribution in [1.82, 2.24) is 10.3 Å². The Morgan fingerprint density at radius 3 is 2.62 bits per heavy atom. The lowest BCUT2D eigenvalue weighted by Gasteiger charge is -2.12. The second-order valence-corrected chi connectivity index (χ2v) is 5.17. The molecule has 1 unspecified atom stereocenters. The molecule has 1 heterocycles. The normalized spacial score (nSPS) is 13.3. The van der Waals surface area contributed by atoms with Gasteiger partial charge in [0, 0.05) is 11.9 Å². The van der Waals surface area contributed by atoms with Gasteiger partial charge in [-0.15, -0.1) is 11.3 Å². The van der Waals surface area contributed by atoms with Crippen LogP contribution in [-0.2, 0) is 6.54 Å². The van der Waals surface area contributed by atoms with Crippen LogP contribution in [0.15, 0.2) is 5.38 Å². The summed E-state index contributed by atoms with van der Waals surface area (Å²) >= 11 is 1.65. The van der Waals surface area contributed by atoms with Crippen LogP contribution >= 0.6 is 11.3 Å². The van der Waals surface area contributed by atoms with E-state index in [0.29, 0.717) is 0 Å². The Labute approximate surface area is 102 Å². The van der Waals surface area contributed by atoms with Gasteiger partial charge >= 0.3 is 0 Å². The Bertz CT molecular complexity index is 292.